The molecule has 2 aromatic heterocycles. The van der Waals surface area contributed by atoms with Gasteiger partial charge in [0.2, 0.25) is 0 Å². The quantitative estimate of drug-likeness (QED) is 0.596. The molecule has 0 unspecified atom stereocenters. The Bertz CT molecular complexity index is 847. The van der Waals surface area contributed by atoms with Gasteiger partial charge in [-0.3, -0.25) is 9.78 Å². The van der Waals surface area contributed by atoms with E-state index in [-0.39, 0.29) is 5.91 Å². The molecule has 0 aliphatic heterocycles. The molecule has 5 nitrogen and oxygen atoms in total. The number of hydrogen-bond acceptors (Lipinski definition) is 3. The summed E-state index contributed by atoms with van der Waals surface area (Å²) in [5, 5.41) is 5.14. The topological polar surface area (TPSA) is 59.3 Å². The van der Waals surface area contributed by atoms with Gasteiger partial charge in [0.15, 0.2) is 0 Å². The number of pyridine rings is 1. The van der Waals surface area contributed by atoms with Crippen LogP contribution in [0.2, 0.25) is 0 Å². The summed E-state index contributed by atoms with van der Waals surface area (Å²) in [4.78, 5) is 16.0. The first-order valence-electron chi connectivity index (χ1n) is 6.95. The Kier molecular flexibility index (Phi) is 3.70. The highest BCUT2D eigenvalue weighted by Gasteiger charge is 2.05. The Morgan fingerprint density at radius 2 is 2.09 bits per heavy atom. The second kappa shape index (κ2) is 5.81. The maximum Gasteiger partial charge on any atom is 0.272 e. The number of carbonyl (C=O) groups is 1. The zero-order valence-electron chi connectivity index (χ0n) is 12.4. The zero-order valence-corrected chi connectivity index (χ0v) is 12.4. The van der Waals surface area contributed by atoms with Crippen molar-refractivity contribution in [2.45, 2.75) is 6.92 Å². The third-order valence-corrected chi connectivity index (χ3v) is 3.47. The molecule has 1 N–H and O–H groups in total. The molecule has 0 atom stereocenters. The Labute approximate surface area is 128 Å². The van der Waals surface area contributed by atoms with Crippen LogP contribution in [-0.2, 0) is 7.05 Å². The van der Waals surface area contributed by atoms with Crippen LogP contribution < -0.4 is 5.43 Å². The summed E-state index contributed by atoms with van der Waals surface area (Å²) < 4.78 is 2.03. The van der Waals surface area contributed by atoms with Crippen LogP contribution in [0.25, 0.3) is 10.9 Å². The van der Waals surface area contributed by atoms with Gasteiger partial charge in [-0.25, -0.2) is 5.43 Å². The Hall–Kier alpha value is -2.95. The van der Waals surface area contributed by atoms with Crippen LogP contribution in [0.3, 0.4) is 0 Å². The predicted molar refractivity (Wildman–Crippen MR) is 87.0 cm³/mol. The zero-order chi connectivity index (χ0) is 15.5. The van der Waals surface area contributed by atoms with Crippen LogP contribution in [0.1, 0.15) is 21.6 Å². The van der Waals surface area contributed by atoms with Crippen molar-refractivity contribution in [3.05, 3.63) is 65.6 Å². The van der Waals surface area contributed by atoms with Gasteiger partial charge >= 0.3 is 0 Å². The average Bonchev–Trinajstić information content (AvgIpc) is 2.85. The van der Waals surface area contributed by atoms with E-state index in [0.717, 1.165) is 22.2 Å². The minimum absolute atomic E-state index is 0.274. The van der Waals surface area contributed by atoms with Crippen molar-refractivity contribution >= 4 is 23.0 Å². The van der Waals surface area contributed by atoms with Gasteiger partial charge in [0, 0.05) is 41.6 Å². The number of amides is 1. The number of hydrogen-bond donors (Lipinski definition) is 1. The molecule has 5 heteroatoms. The van der Waals surface area contributed by atoms with E-state index in [1.807, 2.05) is 49.0 Å². The lowest BCUT2D eigenvalue weighted by molar-refractivity contribution is 0.0955. The molecule has 0 radical (unpaired) electrons. The third-order valence-electron chi connectivity index (χ3n) is 3.47. The molecule has 0 bridgehead atoms. The van der Waals surface area contributed by atoms with Crippen molar-refractivity contribution in [1.82, 2.24) is 15.0 Å². The number of carbonyl (C=O) groups excluding carboxylic acids is 1. The molecule has 0 saturated carbocycles. The first-order chi connectivity index (χ1) is 10.6. The number of benzene rings is 1. The van der Waals surface area contributed by atoms with Crippen molar-refractivity contribution < 1.29 is 4.79 Å². The summed E-state index contributed by atoms with van der Waals surface area (Å²) in [5.74, 6) is -0.274. The van der Waals surface area contributed by atoms with Crippen LogP contribution >= 0.6 is 0 Å². The molecule has 0 fully saturated rings. The number of rotatable bonds is 3. The van der Waals surface area contributed by atoms with Crippen LogP contribution in [-0.4, -0.2) is 21.7 Å². The number of nitrogens with one attached hydrogen (secondary N) is 1. The second-order valence-electron chi connectivity index (χ2n) is 5.10. The molecule has 1 aromatic carbocycles. The Morgan fingerprint density at radius 1 is 1.27 bits per heavy atom. The summed E-state index contributed by atoms with van der Waals surface area (Å²) in [6.07, 6.45) is 5.17. The van der Waals surface area contributed by atoms with E-state index >= 15 is 0 Å². The lowest BCUT2D eigenvalue weighted by Gasteiger charge is -1.99. The molecule has 22 heavy (non-hydrogen) atoms. The van der Waals surface area contributed by atoms with E-state index in [1.54, 1.807) is 18.3 Å². The van der Waals surface area contributed by atoms with E-state index in [9.17, 15) is 4.79 Å². The van der Waals surface area contributed by atoms with Crippen LogP contribution in [0.15, 0.2) is 53.9 Å². The van der Waals surface area contributed by atoms with E-state index in [1.165, 1.54) is 6.20 Å². The molecule has 110 valence electrons. The number of nitrogens with zero attached hydrogens (tertiary/aromatic N) is 3. The Morgan fingerprint density at radius 3 is 2.86 bits per heavy atom. The van der Waals surface area contributed by atoms with Crippen LogP contribution in [0, 0.1) is 6.92 Å². The standard InChI is InChI=1S/C17H16N4O/c1-12-7-8-13(9-18-12)17(22)20-19-10-14-11-21(2)16-6-4-3-5-15(14)16/h3-11H,1-2H3,(H,20,22)/b19-10-. The minimum atomic E-state index is -0.274. The van der Waals surface area contributed by atoms with Crippen molar-refractivity contribution in [2.75, 3.05) is 0 Å². The van der Waals surface area contributed by atoms with Gasteiger partial charge in [-0.15, -0.1) is 0 Å². The number of para-hydroxylation sites is 1. The smallest absolute Gasteiger partial charge is 0.272 e. The van der Waals surface area contributed by atoms with E-state index in [2.05, 4.69) is 15.5 Å². The summed E-state index contributed by atoms with van der Waals surface area (Å²) >= 11 is 0. The van der Waals surface area contributed by atoms with Gasteiger partial charge in [-0.05, 0) is 25.1 Å². The van der Waals surface area contributed by atoms with Gasteiger partial charge in [0.25, 0.3) is 5.91 Å². The summed E-state index contributed by atoms with van der Waals surface area (Å²) in [6.45, 7) is 1.88. The molecule has 1 amide bonds. The minimum Gasteiger partial charge on any atom is -0.350 e. The highest BCUT2D eigenvalue weighted by Crippen LogP contribution is 2.18. The predicted octanol–water partition coefficient (Wildman–Crippen LogP) is 2.65. The highest BCUT2D eigenvalue weighted by molar-refractivity contribution is 6.00. The van der Waals surface area contributed by atoms with E-state index in [4.69, 9.17) is 0 Å². The summed E-state index contributed by atoms with van der Waals surface area (Å²) in [7, 11) is 1.98. The number of hydrazone groups is 1. The van der Waals surface area contributed by atoms with Crippen LogP contribution in [0.5, 0.6) is 0 Å². The Balaban J connectivity index is 1.76. The molecular weight excluding hydrogens is 276 g/mol. The normalized spacial score (nSPS) is 11.2. The summed E-state index contributed by atoms with van der Waals surface area (Å²) in [6, 6.07) is 11.6. The van der Waals surface area contributed by atoms with Gasteiger partial charge in [0.1, 0.15) is 0 Å². The monoisotopic (exact) mass is 292 g/mol. The molecular formula is C17H16N4O. The molecule has 0 aliphatic carbocycles. The maximum atomic E-state index is 11.9. The van der Waals surface area contributed by atoms with Gasteiger partial charge in [-0.2, -0.15) is 5.10 Å². The molecule has 3 aromatic rings. The molecule has 0 aliphatic rings. The van der Waals surface area contributed by atoms with Crippen LogP contribution in [0.4, 0.5) is 0 Å². The largest absolute Gasteiger partial charge is 0.350 e. The second-order valence-corrected chi connectivity index (χ2v) is 5.10. The fourth-order valence-corrected chi connectivity index (χ4v) is 2.30. The fourth-order valence-electron chi connectivity index (χ4n) is 2.30. The van der Waals surface area contributed by atoms with Gasteiger partial charge in [0.05, 0.1) is 11.8 Å². The van der Waals surface area contributed by atoms with Crippen molar-refractivity contribution in [2.24, 2.45) is 12.1 Å². The number of aryl methyl sites for hydroxylation is 2. The SMILES string of the molecule is Cc1ccc(C(=O)N/N=C\c2cn(C)c3ccccc23)cn1. The molecule has 2 heterocycles. The van der Waals surface area contributed by atoms with Gasteiger partial charge < -0.3 is 4.57 Å². The third kappa shape index (κ3) is 2.74. The lowest BCUT2D eigenvalue weighted by Crippen LogP contribution is -2.17. The lowest BCUT2D eigenvalue weighted by atomic mass is 10.2. The summed E-state index contributed by atoms with van der Waals surface area (Å²) in [5.41, 5.74) is 5.96. The molecule has 0 spiro atoms. The van der Waals surface area contributed by atoms with E-state index < -0.39 is 0 Å². The van der Waals surface area contributed by atoms with E-state index in [0.29, 0.717) is 5.56 Å². The first-order valence-corrected chi connectivity index (χ1v) is 6.95. The number of aromatic nitrogens is 2. The average molecular weight is 292 g/mol. The molecule has 0 saturated heterocycles. The van der Waals surface area contributed by atoms with Crippen molar-refractivity contribution in [3.8, 4) is 0 Å². The molecule has 3 rings (SSSR count). The highest BCUT2D eigenvalue weighted by atomic mass is 16.2. The fraction of sp³-hybridized carbons (Fsp3) is 0.118. The van der Waals surface area contributed by atoms with Crippen molar-refractivity contribution in [1.29, 1.82) is 0 Å². The first kappa shape index (κ1) is 14.0. The van der Waals surface area contributed by atoms with Gasteiger partial charge in [-0.1, -0.05) is 18.2 Å². The van der Waals surface area contributed by atoms with Crippen molar-refractivity contribution in [3.63, 3.8) is 0 Å². The maximum absolute atomic E-state index is 11.9. The number of fused-ring (bicyclic) bond motifs is 1.